The molecule has 190 valence electrons. The predicted octanol–water partition coefficient (Wildman–Crippen LogP) is 3.37. The van der Waals surface area contributed by atoms with Crippen LogP contribution in [0.1, 0.15) is 34.7 Å². The van der Waals surface area contributed by atoms with E-state index in [4.69, 9.17) is 18.9 Å². The van der Waals surface area contributed by atoms with Crippen LogP contribution in [0.25, 0.3) is 16.9 Å². The van der Waals surface area contributed by atoms with Gasteiger partial charge in [-0.05, 0) is 44.2 Å². The quantitative estimate of drug-likeness (QED) is 0.394. The number of carbonyl (C=O) groups is 3. The summed E-state index contributed by atoms with van der Waals surface area (Å²) in [6.45, 7) is 4.80. The number of rotatable bonds is 10. The fourth-order valence-corrected chi connectivity index (χ4v) is 3.70. The van der Waals surface area contributed by atoms with Crippen LogP contribution in [-0.4, -0.2) is 73.6 Å². The van der Waals surface area contributed by atoms with Gasteiger partial charge in [0.1, 0.15) is 11.3 Å². The van der Waals surface area contributed by atoms with E-state index in [1.807, 2.05) is 19.9 Å². The number of amides is 1. The Balaban J connectivity index is 2.10. The number of benzene rings is 2. The van der Waals surface area contributed by atoms with Crippen molar-refractivity contribution < 1.29 is 33.3 Å². The van der Waals surface area contributed by atoms with Crippen molar-refractivity contribution in [1.29, 1.82) is 0 Å². The number of methoxy groups -OCH3 is 3. The highest BCUT2D eigenvalue weighted by Crippen LogP contribution is 2.35. The van der Waals surface area contributed by atoms with Crippen LogP contribution in [0.3, 0.4) is 0 Å². The van der Waals surface area contributed by atoms with E-state index in [0.717, 1.165) is 0 Å². The maximum absolute atomic E-state index is 12.8. The van der Waals surface area contributed by atoms with Gasteiger partial charge in [0, 0.05) is 18.7 Å². The average Bonchev–Trinajstić information content (AvgIpc) is 3.32. The SMILES string of the molecule is CCN(CC)C(=O)COc1ccc(-c2nn(-c3ccccc3)c(C(=O)OC)c2C(=O)OC)cc1OC. The number of aromatic nitrogens is 2. The summed E-state index contributed by atoms with van der Waals surface area (Å²) in [6.07, 6.45) is 0. The van der Waals surface area contributed by atoms with Gasteiger partial charge in [0.25, 0.3) is 5.91 Å². The number of ether oxygens (including phenoxy) is 4. The van der Waals surface area contributed by atoms with Crippen LogP contribution in [0.5, 0.6) is 11.5 Å². The zero-order valence-electron chi connectivity index (χ0n) is 20.9. The molecule has 0 aliphatic carbocycles. The van der Waals surface area contributed by atoms with Crippen molar-refractivity contribution in [3.63, 3.8) is 0 Å². The largest absolute Gasteiger partial charge is 0.493 e. The smallest absolute Gasteiger partial charge is 0.357 e. The lowest BCUT2D eigenvalue weighted by Crippen LogP contribution is -2.34. The minimum Gasteiger partial charge on any atom is -0.493 e. The van der Waals surface area contributed by atoms with Gasteiger partial charge in [0.2, 0.25) is 0 Å². The third-order valence-electron chi connectivity index (χ3n) is 5.56. The third kappa shape index (κ3) is 5.32. The molecule has 0 saturated heterocycles. The summed E-state index contributed by atoms with van der Waals surface area (Å²) in [5, 5.41) is 4.57. The lowest BCUT2D eigenvalue weighted by Gasteiger charge is -2.19. The zero-order chi connectivity index (χ0) is 26.2. The highest BCUT2D eigenvalue weighted by Gasteiger charge is 2.31. The molecule has 1 amide bonds. The normalized spacial score (nSPS) is 10.5. The lowest BCUT2D eigenvalue weighted by atomic mass is 10.0. The van der Waals surface area contributed by atoms with Gasteiger partial charge in [0.05, 0.1) is 27.0 Å². The molecule has 2 aromatic carbocycles. The van der Waals surface area contributed by atoms with E-state index in [0.29, 0.717) is 35.8 Å². The predicted molar refractivity (Wildman–Crippen MR) is 132 cm³/mol. The van der Waals surface area contributed by atoms with Gasteiger partial charge in [-0.3, -0.25) is 4.79 Å². The van der Waals surface area contributed by atoms with Crippen LogP contribution in [0.2, 0.25) is 0 Å². The molecule has 0 aliphatic heterocycles. The molecular formula is C26H29N3O7. The Labute approximate surface area is 209 Å². The van der Waals surface area contributed by atoms with Gasteiger partial charge in [-0.2, -0.15) is 5.10 Å². The van der Waals surface area contributed by atoms with Crippen LogP contribution in [-0.2, 0) is 14.3 Å². The molecule has 0 spiro atoms. The van der Waals surface area contributed by atoms with Gasteiger partial charge in [-0.1, -0.05) is 18.2 Å². The summed E-state index contributed by atoms with van der Waals surface area (Å²) in [4.78, 5) is 39.6. The van der Waals surface area contributed by atoms with Gasteiger partial charge >= 0.3 is 11.9 Å². The van der Waals surface area contributed by atoms with E-state index in [9.17, 15) is 14.4 Å². The van der Waals surface area contributed by atoms with Crippen molar-refractivity contribution in [2.24, 2.45) is 0 Å². The number of carbonyl (C=O) groups excluding carboxylic acids is 3. The Bertz CT molecular complexity index is 1230. The molecule has 0 radical (unpaired) electrons. The van der Waals surface area contributed by atoms with E-state index in [1.165, 1.54) is 26.0 Å². The molecule has 36 heavy (non-hydrogen) atoms. The van der Waals surface area contributed by atoms with Gasteiger partial charge in [0.15, 0.2) is 23.8 Å². The van der Waals surface area contributed by atoms with Crippen LogP contribution in [0.4, 0.5) is 0 Å². The molecule has 10 nitrogen and oxygen atoms in total. The highest BCUT2D eigenvalue weighted by atomic mass is 16.5. The molecule has 10 heteroatoms. The van der Waals surface area contributed by atoms with E-state index >= 15 is 0 Å². The van der Waals surface area contributed by atoms with E-state index < -0.39 is 11.9 Å². The number of hydrogen-bond donors (Lipinski definition) is 0. The molecule has 0 aliphatic rings. The van der Waals surface area contributed by atoms with E-state index in [1.54, 1.807) is 47.4 Å². The molecule has 1 aromatic heterocycles. The second-order valence-electron chi connectivity index (χ2n) is 7.52. The number of likely N-dealkylation sites (N-methyl/N-ethyl adjacent to an activating group) is 1. The summed E-state index contributed by atoms with van der Waals surface area (Å²) < 4.78 is 22.5. The van der Waals surface area contributed by atoms with E-state index in [-0.39, 0.29) is 29.5 Å². The lowest BCUT2D eigenvalue weighted by molar-refractivity contribution is -0.133. The van der Waals surface area contributed by atoms with Crippen molar-refractivity contribution >= 4 is 17.8 Å². The first kappa shape index (κ1) is 26.3. The molecule has 3 aromatic rings. The summed E-state index contributed by atoms with van der Waals surface area (Å²) in [6, 6.07) is 13.8. The molecule has 3 rings (SSSR count). The Morgan fingerprint density at radius 3 is 2.14 bits per heavy atom. The minimum atomic E-state index is -0.753. The maximum atomic E-state index is 12.8. The second kappa shape index (κ2) is 11.9. The Kier molecular flexibility index (Phi) is 8.66. The van der Waals surface area contributed by atoms with E-state index in [2.05, 4.69) is 5.10 Å². The molecule has 0 fully saturated rings. The van der Waals surface area contributed by atoms with Crippen molar-refractivity contribution in [1.82, 2.24) is 14.7 Å². The Hall–Kier alpha value is -4.34. The summed E-state index contributed by atoms with van der Waals surface area (Å²) in [5.41, 5.74) is 1.08. The monoisotopic (exact) mass is 495 g/mol. The highest BCUT2D eigenvalue weighted by molar-refractivity contribution is 6.06. The molecule has 0 atom stereocenters. The minimum absolute atomic E-state index is 0.0550. The van der Waals surface area contributed by atoms with Crippen LogP contribution < -0.4 is 9.47 Å². The number of hydrogen-bond acceptors (Lipinski definition) is 8. The second-order valence-corrected chi connectivity index (χ2v) is 7.52. The summed E-state index contributed by atoms with van der Waals surface area (Å²) in [5.74, 6) is -0.985. The number of nitrogens with zero attached hydrogens (tertiary/aromatic N) is 3. The summed E-state index contributed by atoms with van der Waals surface area (Å²) in [7, 11) is 3.90. The topological polar surface area (TPSA) is 109 Å². The molecule has 1 heterocycles. The maximum Gasteiger partial charge on any atom is 0.357 e. The van der Waals surface area contributed by atoms with Crippen LogP contribution >= 0.6 is 0 Å². The third-order valence-corrected chi connectivity index (χ3v) is 5.56. The number of esters is 2. The number of para-hydroxylation sites is 1. The fourth-order valence-electron chi connectivity index (χ4n) is 3.70. The van der Waals surface area contributed by atoms with Gasteiger partial charge < -0.3 is 23.8 Å². The fraction of sp³-hybridized carbons (Fsp3) is 0.308. The Morgan fingerprint density at radius 1 is 0.889 bits per heavy atom. The van der Waals surface area contributed by atoms with Crippen molar-refractivity contribution in [3.05, 3.63) is 59.8 Å². The molecule has 0 unspecified atom stereocenters. The van der Waals surface area contributed by atoms with Crippen molar-refractivity contribution in [2.45, 2.75) is 13.8 Å². The zero-order valence-corrected chi connectivity index (χ0v) is 20.9. The molecule has 0 N–H and O–H groups in total. The Morgan fingerprint density at radius 2 is 1.56 bits per heavy atom. The molecule has 0 saturated carbocycles. The summed E-state index contributed by atoms with van der Waals surface area (Å²) >= 11 is 0. The molecule has 0 bridgehead atoms. The first-order valence-electron chi connectivity index (χ1n) is 11.3. The molecular weight excluding hydrogens is 466 g/mol. The average molecular weight is 496 g/mol. The standard InChI is InChI=1S/C26H29N3O7/c1-6-28(7-2)21(30)16-36-19-14-13-17(15-20(19)33-3)23-22(25(31)34-4)24(26(32)35-5)29(27-23)18-11-9-8-10-12-18/h8-15H,6-7,16H2,1-5H3. The first-order valence-corrected chi connectivity index (χ1v) is 11.3. The first-order chi connectivity index (χ1) is 17.4. The van der Waals surface area contributed by atoms with Crippen molar-refractivity contribution in [3.8, 4) is 28.4 Å². The van der Waals surface area contributed by atoms with Gasteiger partial charge in [-0.15, -0.1) is 0 Å². The van der Waals surface area contributed by atoms with Gasteiger partial charge in [-0.25, -0.2) is 14.3 Å². The van der Waals surface area contributed by atoms with Crippen LogP contribution in [0, 0.1) is 0 Å². The van der Waals surface area contributed by atoms with Crippen molar-refractivity contribution in [2.75, 3.05) is 41.0 Å². The van der Waals surface area contributed by atoms with Crippen LogP contribution in [0.15, 0.2) is 48.5 Å².